The lowest BCUT2D eigenvalue weighted by Crippen LogP contribution is -2.38. The minimum absolute atomic E-state index is 0.177. The summed E-state index contributed by atoms with van der Waals surface area (Å²) in [7, 11) is 1.70. The number of rotatable bonds is 4. The lowest BCUT2D eigenvalue weighted by molar-refractivity contribution is 0.371. The van der Waals surface area contributed by atoms with Crippen molar-refractivity contribution in [3.05, 3.63) is 74.2 Å². The Bertz CT molecular complexity index is 1230. The Kier molecular flexibility index (Phi) is 4.70. The fourth-order valence-corrected chi connectivity index (χ4v) is 5.30. The standard InChI is InChI=1S/C23H24FN3O3/c1-30-20-4-2-3-16-15(20)7-5-13-12-25-18(21(13)16)9-10-27-22(28)17-8-6-14(24)11-19(17)26-23(27)29/h2-4,6,8,11,13,18,21,25H,5,7,9-10,12H2,1H3,(H,26,29). The molecule has 7 heteroatoms. The minimum atomic E-state index is -0.502. The second-order valence-corrected chi connectivity index (χ2v) is 8.23. The summed E-state index contributed by atoms with van der Waals surface area (Å²) in [6.07, 6.45) is 2.77. The molecule has 1 aromatic heterocycles. The molecule has 2 heterocycles. The Morgan fingerprint density at radius 2 is 2.10 bits per heavy atom. The van der Waals surface area contributed by atoms with E-state index in [9.17, 15) is 14.0 Å². The van der Waals surface area contributed by atoms with Crippen molar-refractivity contribution in [2.75, 3.05) is 13.7 Å². The van der Waals surface area contributed by atoms with E-state index in [0.717, 1.165) is 25.1 Å². The van der Waals surface area contributed by atoms with Crippen molar-refractivity contribution in [2.45, 2.75) is 37.8 Å². The molecule has 6 nitrogen and oxygen atoms in total. The van der Waals surface area contributed by atoms with Gasteiger partial charge in [0.25, 0.3) is 5.56 Å². The monoisotopic (exact) mass is 409 g/mol. The van der Waals surface area contributed by atoms with E-state index < -0.39 is 11.5 Å². The Balaban J connectivity index is 1.44. The highest BCUT2D eigenvalue weighted by atomic mass is 19.1. The first kappa shape index (κ1) is 19.1. The van der Waals surface area contributed by atoms with E-state index in [0.29, 0.717) is 30.2 Å². The van der Waals surface area contributed by atoms with Gasteiger partial charge in [0.05, 0.1) is 18.0 Å². The van der Waals surface area contributed by atoms with Crippen molar-refractivity contribution in [2.24, 2.45) is 5.92 Å². The van der Waals surface area contributed by atoms with Crippen LogP contribution in [0.25, 0.3) is 10.9 Å². The molecule has 1 fully saturated rings. The highest BCUT2D eigenvalue weighted by Gasteiger charge is 2.40. The quantitative estimate of drug-likeness (QED) is 0.694. The number of aromatic nitrogens is 2. The first-order chi connectivity index (χ1) is 14.6. The van der Waals surface area contributed by atoms with Crippen molar-refractivity contribution < 1.29 is 9.13 Å². The summed E-state index contributed by atoms with van der Waals surface area (Å²) in [5, 5.41) is 3.93. The molecule has 0 bridgehead atoms. The molecule has 0 amide bonds. The molecular formula is C23H24FN3O3. The van der Waals surface area contributed by atoms with Crippen molar-refractivity contribution in [3.8, 4) is 5.75 Å². The largest absolute Gasteiger partial charge is 0.496 e. The fraction of sp³-hybridized carbons (Fsp3) is 0.391. The van der Waals surface area contributed by atoms with Crippen LogP contribution in [0.1, 0.15) is 29.9 Å². The molecule has 3 atom stereocenters. The Morgan fingerprint density at radius 3 is 2.93 bits per heavy atom. The van der Waals surface area contributed by atoms with Crippen LogP contribution in [0.4, 0.5) is 4.39 Å². The lowest BCUT2D eigenvalue weighted by atomic mass is 9.73. The number of benzene rings is 2. The second-order valence-electron chi connectivity index (χ2n) is 8.23. The van der Waals surface area contributed by atoms with Crippen LogP contribution in [0.15, 0.2) is 46.0 Å². The van der Waals surface area contributed by atoms with E-state index in [1.165, 1.54) is 33.9 Å². The minimum Gasteiger partial charge on any atom is -0.496 e. The van der Waals surface area contributed by atoms with E-state index in [1.54, 1.807) is 7.11 Å². The number of halogens is 1. The summed E-state index contributed by atoms with van der Waals surface area (Å²) in [6.45, 7) is 1.25. The molecule has 5 rings (SSSR count). The zero-order valence-corrected chi connectivity index (χ0v) is 16.8. The molecule has 1 saturated heterocycles. The van der Waals surface area contributed by atoms with Crippen LogP contribution < -0.4 is 21.3 Å². The van der Waals surface area contributed by atoms with Gasteiger partial charge < -0.3 is 15.0 Å². The highest BCUT2D eigenvalue weighted by Crippen LogP contribution is 2.45. The average Bonchev–Trinajstić information content (AvgIpc) is 3.16. The van der Waals surface area contributed by atoms with Gasteiger partial charge in [0.2, 0.25) is 0 Å². The Hall–Kier alpha value is -2.93. The highest BCUT2D eigenvalue weighted by molar-refractivity contribution is 5.77. The van der Waals surface area contributed by atoms with Gasteiger partial charge in [-0.2, -0.15) is 0 Å². The first-order valence-corrected chi connectivity index (χ1v) is 10.4. The first-order valence-electron chi connectivity index (χ1n) is 10.4. The normalized spacial score (nSPS) is 22.7. The van der Waals surface area contributed by atoms with E-state index >= 15 is 0 Å². The van der Waals surface area contributed by atoms with Crippen LogP contribution >= 0.6 is 0 Å². The predicted octanol–water partition coefficient (Wildman–Crippen LogP) is 2.55. The average molecular weight is 409 g/mol. The topological polar surface area (TPSA) is 76.1 Å². The van der Waals surface area contributed by atoms with Crippen molar-refractivity contribution in [1.29, 1.82) is 0 Å². The number of H-pyrrole nitrogens is 1. The maximum Gasteiger partial charge on any atom is 0.328 e. The summed E-state index contributed by atoms with van der Waals surface area (Å²) in [5.41, 5.74) is 1.94. The third-order valence-corrected chi connectivity index (χ3v) is 6.70. The maximum absolute atomic E-state index is 13.4. The molecule has 2 N–H and O–H groups in total. The number of nitrogens with zero attached hydrogens (tertiary/aromatic N) is 1. The molecule has 0 spiro atoms. The van der Waals surface area contributed by atoms with Crippen molar-refractivity contribution in [3.63, 3.8) is 0 Å². The summed E-state index contributed by atoms with van der Waals surface area (Å²) >= 11 is 0. The number of fused-ring (bicyclic) bond motifs is 4. The SMILES string of the molecule is COc1cccc2c1CCC1CNC(CCn3c(=O)[nH]c4cc(F)ccc4c3=O)C21. The van der Waals surface area contributed by atoms with Crippen molar-refractivity contribution >= 4 is 10.9 Å². The van der Waals surface area contributed by atoms with E-state index in [2.05, 4.69) is 16.4 Å². The van der Waals surface area contributed by atoms with Gasteiger partial charge in [-0.1, -0.05) is 12.1 Å². The van der Waals surface area contributed by atoms with Gasteiger partial charge in [-0.05, 0) is 67.1 Å². The molecule has 0 saturated carbocycles. The Labute approximate surface area is 172 Å². The van der Waals surface area contributed by atoms with Gasteiger partial charge in [0.1, 0.15) is 11.6 Å². The zero-order chi connectivity index (χ0) is 20.8. The van der Waals surface area contributed by atoms with Gasteiger partial charge in [0.15, 0.2) is 0 Å². The molecule has 156 valence electrons. The summed E-state index contributed by atoms with van der Waals surface area (Å²) in [4.78, 5) is 27.9. The zero-order valence-electron chi connectivity index (χ0n) is 16.8. The van der Waals surface area contributed by atoms with Crippen LogP contribution in [0.2, 0.25) is 0 Å². The summed E-state index contributed by atoms with van der Waals surface area (Å²) < 4.78 is 20.2. The molecular weight excluding hydrogens is 385 g/mol. The fourth-order valence-electron chi connectivity index (χ4n) is 5.30. The summed E-state index contributed by atoms with van der Waals surface area (Å²) in [6, 6.07) is 10.2. The Morgan fingerprint density at radius 1 is 1.23 bits per heavy atom. The summed E-state index contributed by atoms with van der Waals surface area (Å²) in [5.74, 6) is 1.34. The van der Waals surface area contributed by atoms with Crippen molar-refractivity contribution in [1.82, 2.24) is 14.9 Å². The number of ether oxygens (including phenoxy) is 1. The van der Waals surface area contributed by atoms with Gasteiger partial charge in [-0.3, -0.25) is 9.36 Å². The number of aromatic amines is 1. The van der Waals surface area contributed by atoms with Gasteiger partial charge >= 0.3 is 5.69 Å². The van der Waals surface area contributed by atoms with E-state index in [-0.39, 0.29) is 17.1 Å². The predicted molar refractivity (Wildman–Crippen MR) is 113 cm³/mol. The van der Waals surface area contributed by atoms with Crippen LogP contribution in [0.5, 0.6) is 5.75 Å². The molecule has 3 aromatic rings. The molecule has 0 radical (unpaired) electrons. The molecule has 1 aliphatic heterocycles. The molecule has 2 aliphatic rings. The number of hydrogen-bond donors (Lipinski definition) is 2. The smallest absolute Gasteiger partial charge is 0.328 e. The van der Waals surface area contributed by atoms with Gasteiger partial charge in [-0.25, -0.2) is 9.18 Å². The van der Waals surface area contributed by atoms with Crippen LogP contribution in [-0.2, 0) is 13.0 Å². The van der Waals surface area contributed by atoms with Crippen LogP contribution in [0.3, 0.4) is 0 Å². The molecule has 1 aliphatic carbocycles. The van der Waals surface area contributed by atoms with E-state index in [1.807, 2.05) is 12.1 Å². The molecule has 3 unspecified atom stereocenters. The second kappa shape index (κ2) is 7.40. The van der Waals surface area contributed by atoms with Gasteiger partial charge in [0, 0.05) is 18.5 Å². The maximum atomic E-state index is 13.4. The third kappa shape index (κ3) is 3.04. The van der Waals surface area contributed by atoms with Gasteiger partial charge in [-0.15, -0.1) is 0 Å². The molecule has 2 aromatic carbocycles. The third-order valence-electron chi connectivity index (χ3n) is 6.70. The molecule has 30 heavy (non-hydrogen) atoms. The van der Waals surface area contributed by atoms with E-state index in [4.69, 9.17) is 4.74 Å². The number of hydrogen-bond acceptors (Lipinski definition) is 4. The number of nitrogens with one attached hydrogen (secondary N) is 2. The van der Waals surface area contributed by atoms with Crippen LogP contribution in [-0.4, -0.2) is 29.2 Å². The number of methoxy groups -OCH3 is 1. The lowest BCUT2D eigenvalue weighted by Gasteiger charge is -2.32. The van der Waals surface area contributed by atoms with Crippen LogP contribution in [0, 0.1) is 11.7 Å².